The first-order valence-electron chi connectivity index (χ1n) is 5.53. The maximum Gasteiger partial charge on any atom is 0.241 e. The van der Waals surface area contributed by atoms with Crippen molar-refractivity contribution < 1.29 is 14.1 Å². The second-order valence-electron chi connectivity index (χ2n) is 3.66. The third-order valence-corrected chi connectivity index (χ3v) is 2.55. The van der Waals surface area contributed by atoms with E-state index in [9.17, 15) is 4.79 Å². The summed E-state index contributed by atoms with van der Waals surface area (Å²) in [6.45, 7) is 0. The van der Waals surface area contributed by atoms with E-state index in [1.807, 2.05) is 6.07 Å². The second-order valence-corrected chi connectivity index (χ2v) is 3.93. The van der Waals surface area contributed by atoms with Crippen molar-refractivity contribution in [3.05, 3.63) is 36.0 Å². The van der Waals surface area contributed by atoms with Crippen LogP contribution in [0.15, 0.2) is 28.8 Å². The Hall–Kier alpha value is -2.08. The minimum Gasteiger partial charge on any atom is -0.495 e. The lowest BCUT2D eigenvalue weighted by Crippen LogP contribution is -2.15. The highest BCUT2D eigenvalue weighted by atomic mass is 35.5. The Kier molecular flexibility index (Phi) is 4.35. The molecule has 2 aromatic rings. The van der Waals surface area contributed by atoms with Crippen LogP contribution in [0, 0.1) is 0 Å². The fraction of sp³-hybridized carbons (Fsp3) is 0.250. The maximum atomic E-state index is 11.8. The van der Waals surface area contributed by atoms with Crippen LogP contribution in [0.1, 0.15) is 11.7 Å². The Balaban J connectivity index is 2.01. The van der Waals surface area contributed by atoms with Crippen molar-refractivity contribution in [2.24, 2.45) is 0 Å². The molecule has 0 saturated carbocycles. The van der Waals surface area contributed by atoms with Gasteiger partial charge in [-0.25, -0.2) is 0 Å². The van der Waals surface area contributed by atoms with Crippen LogP contribution in [0.5, 0.6) is 5.75 Å². The third kappa shape index (κ3) is 3.45. The molecule has 1 aromatic heterocycles. The summed E-state index contributed by atoms with van der Waals surface area (Å²) in [6.07, 6.45) is 0.0123. The first-order chi connectivity index (χ1) is 9.22. The molecule has 6 nitrogen and oxygen atoms in total. The monoisotopic (exact) mass is 281 g/mol. The summed E-state index contributed by atoms with van der Waals surface area (Å²) in [5.74, 6) is 1.04. The van der Waals surface area contributed by atoms with E-state index in [1.165, 1.54) is 7.11 Å². The van der Waals surface area contributed by atoms with E-state index in [4.69, 9.17) is 20.9 Å². The minimum absolute atomic E-state index is 0.0123. The maximum absolute atomic E-state index is 11.8. The van der Waals surface area contributed by atoms with Crippen molar-refractivity contribution in [2.75, 3.05) is 12.4 Å². The molecule has 0 unspecified atom stereocenters. The highest BCUT2D eigenvalue weighted by Gasteiger charge is 2.12. The van der Waals surface area contributed by atoms with Gasteiger partial charge in [0.15, 0.2) is 5.82 Å². The highest BCUT2D eigenvalue weighted by Crippen LogP contribution is 2.22. The zero-order chi connectivity index (χ0) is 13.7. The van der Waals surface area contributed by atoms with E-state index in [2.05, 4.69) is 15.5 Å². The van der Waals surface area contributed by atoms with E-state index < -0.39 is 0 Å². The molecule has 1 amide bonds. The number of para-hydroxylation sites is 2. The fourth-order valence-corrected chi connectivity index (χ4v) is 1.61. The molecule has 0 fully saturated rings. The molecule has 0 aliphatic heterocycles. The van der Waals surface area contributed by atoms with Gasteiger partial charge in [-0.3, -0.25) is 4.79 Å². The van der Waals surface area contributed by atoms with Gasteiger partial charge in [0.1, 0.15) is 11.6 Å². The number of alkyl halides is 1. The largest absolute Gasteiger partial charge is 0.495 e. The van der Waals surface area contributed by atoms with Crippen molar-refractivity contribution >= 4 is 23.2 Å². The molecule has 0 radical (unpaired) electrons. The van der Waals surface area contributed by atoms with Gasteiger partial charge in [-0.1, -0.05) is 17.3 Å². The molecule has 0 atom stereocenters. The van der Waals surface area contributed by atoms with Gasteiger partial charge in [-0.15, -0.1) is 11.6 Å². The zero-order valence-electron chi connectivity index (χ0n) is 10.2. The van der Waals surface area contributed by atoms with E-state index in [1.54, 1.807) is 18.2 Å². The van der Waals surface area contributed by atoms with Crippen LogP contribution in [-0.2, 0) is 17.1 Å². The molecule has 1 N–H and O–H groups in total. The first-order valence-corrected chi connectivity index (χ1v) is 6.06. The number of methoxy groups -OCH3 is 1. The van der Waals surface area contributed by atoms with Gasteiger partial charge >= 0.3 is 0 Å². The number of carbonyl (C=O) groups excluding carboxylic acids is 1. The molecular weight excluding hydrogens is 270 g/mol. The molecule has 0 saturated heterocycles. The lowest BCUT2D eigenvalue weighted by molar-refractivity contribution is -0.115. The zero-order valence-corrected chi connectivity index (χ0v) is 11.0. The Morgan fingerprint density at radius 3 is 2.95 bits per heavy atom. The van der Waals surface area contributed by atoms with Crippen LogP contribution in [0.3, 0.4) is 0 Å². The predicted molar refractivity (Wildman–Crippen MR) is 69.2 cm³/mol. The van der Waals surface area contributed by atoms with Crippen LogP contribution in [0.4, 0.5) is 5.69 Å². The van der Waals surface area contributed by atoms with Crippen molar-refractivity contribution in [3.63, 3.8) is 0 Å². The summed E-state index contributed by atoms with van der Waals surface area (Å²) >= 11 is 5.53. The number of anilines is 1. The summed E-state index contributed by atoms with van der Waals surface area (Å²) in [5, 5.41) is 6.37. The van der Waals surface area contributed by atoms with Gasteiger partial charge in [0.25, 0.3) is 0 Å². The molecule has 1 aromatic carbocycles. The average molecular weight is 282 g/mol. The van der Waals surface area contributed by atoms with Crippen molar-refractivity contribution in [2.45, 2.75) is 12.3 Å². The Labute approximate surface area is 114 Å². The van der Waals surface area contributed by atoms with Gasteiger partial charge in [-0.2, -0.15) is 4.98 Å². The summed E-state index contributed by atoms with van der Waals surface area (Å²) in [5.41, 5.74) is 0.594. The molecule has 100 valence electrons. The van der Waals surface area contributed by atoms with Crippen LogP contribution in [-0.4, -0.2) is 23.2 Å². The van der Waals surface area contributed by atoms with Crippen LogP contribution in [0.25, 0.3) is 0 Å². The number of carbonyl (C=O) groups is 1. The molecule has 0 bridgehead atoms. The van der Waals surface area contributed by atoms with Gasteiger partial charge in [-0.05, 0) is 12.1 Å². The van der Waals surface area contributed by atoms with Crippen LogP contribution >= 0.6 is 11.6 Å². The Morgan fingerprint density at radius 2 is 2.26 bits per heavy atom. The lowest BCUT2D eigenvalue weighted by Gasteiger charge is -2.08. The first kappa shape index (κ1) is 13.4. The fourth-order valence-electron chi connectivity index (χ4n) is 1.50. The highest BCUT2D eigenvalue weighted by molar-refractivity contribution is 6.16. The standard InChI is InChI=1S/C12H12ClN3O3/c1-18-9-5-3-2-4-8(9)14-11(17)6-10-15-12(7-13)19-16-10/h2-5H,6-7H2,1H3,(H,14,17). The Bertz CT molecular complexity index is 571. The number of nitrogens with one attached hydrogen (secondary N) is 1. The number of rotatable bonds is 5. The van der Waals surface area contributed by atoms with E-state index in [0.717, 1.165) is 0 Å². The number of hydrogen-bond donors (Lipinski definition) is 1. The van der Waals surface area contributed by atoms with Gasteiger partial charge in [0, 0.05) is 0 Å². The summed E-state index contributed by atoms with van der Waals surface area (Å²) in [7, 11) is 1.54. The van der Waals surface area contributed by atoms with Gasteiger partial charge in [0.2, 0.25) is 11.8 Å². The average Bonchev–Trinajstić information content (AvgIpc) is 2.87. The molecule has 2 rings (SSSR count). The Morgan fingerprint density at radius 1 is 1.47 bits per heavy atom. The molecule has 19 heavy (non-hydrogen) atoms. The summed E-state index contributed by atoms with van der Waals surface area (Å²) < 4.78 is 9.95. The summed E-state index contributed by atoms with van der Waals surface area (Å²) in [6, 6.07) is 7.13. The van der Waals surface area contributed by atoms with Crippen molar-refractivity contribution in [3.8, 4) is 5.75 Å². The normalized spacial score (nSPS) is 10.2. The van der Waals surface area contributed by atoms with Crippen LogP contribution < -0.4 is 10.1 Å². The molecule has 0 aliphatic carbocycles. The molecule has 0 aliphatic rings. The lowest BCUT2D eigenvalue weighted by atomic mass is 10.2. The topological polar surface area (TPSA) is 77.2 Å². The quantitative estimate of drug-likeness (QED) is 0.848. The molecular formula is C12H12ClN3O3. The molecule has 7 heteroatoms. The van der Waals surface area contributed by atoms with E-state index >= 15 is 0 Å². The van der Waals surface area contributed by atoms with Crippen LogP contribution in [0.2, 0.25) is 0 Å². The van der Waals surface area contributed by atoms with Gasteiger partial charge < -0.3 is 14.6 Å². The number of hydrogen-bond acceptors (Lipinski definition) is 5. The van der Waals surface area contributed by atoms with E-state index in [0.29, 0.717) is 23.2 Å². The number of ether oxygens (including phenoxy) is 1. The summed E-state index contributed by atoms with van der Waals surface area (Å²) in [4.78, 5) is 15.8. The second kappa shape index (κ2) is 6.19. The number of aromatic nitrogens is 2. The van der Waals surface area contributed by atoms with Crippen molar-refractivity contribution in [1.29, 1.82) is 0 Å². The SMILES string of the molecule is COc1ccccc1NC(=O)Cc1noc(CCl)n1. The van der Waals surface area contributed by atoms with Crippen molar-refractivity contribution in [1.82, 2.24) is 10.1 Å². The smallest absolute Gasteiger partial charge is 0.241 e. The number of nitrogens with zero attached hydrogens (tertiary/aromatic N) is 2. The van der Waals surface area contributed by atoms with E-state index in [-0.39, 0.29) is 18.2 Å². The number of benzene rings is 1. The number of halogens is 1. The third-order valence-electron chi connectivity index (χ3n) is 2.32. The molecule has 1 heterocycles. The molecule has 0 spiro atoms. The number of amides is 1. The van der Waals surface area contributed by atoms with Gasteiger partial charge in [0.05, 0.1) is 19.2 Å². The predicted octanol–water partition coefficient (Wildman–Crippen LogP) is 2.00. The minimum atomic E-state index is -0.258.